The Morgan fingerprint density at radius 2 is 1.65 bits per heavy atom. The fourth-order valence-corrected chi connectivity index (χ4v) is 6.36. The van der Waals surface area contributed by atoms with Gasteiger partial charge in [0.1, 0.15) is 4.32 Å². The van der Waals surface area contributed by atoms with Crippen LogP contribution in [0.2, 0.25) is 0 Å². The van der Waals surface area contributed by atoms with Crippen molar-refractivity contribution in [1.29, 1.82) is 0 Å². The van der Waals surface area contributed by atoms with Crippen molar-refractivity contribution in [3.8, 4) is 0 Å². The van der Waals surface area contributed by atoms with E-state index >= 15 is 0 Å². The number of pyridine rings is 1. The van der Waals surface area contributed by atoms with Crippen LogP contribution in [0.15, 0.2) is 58.2 Å². The van der Waals surface area contributed by atoms with Gasteiger partial charge in [0, 0.05) is 38.1 Å². The van der Waals surface area contributed by atoms with Gasteiger partial charge in [-0.3, -0.25) is 14.5 Å². The number of para-hydroxylation sites is 1. The summed E-state index contributed by atoms with van der Waals surface area (Å²) in [5, 5.41) is 1.04. The zero-order chi connectivity index (χ0) is 26.1. The van der Waals surface area contributed by atoms with E-state index in [4.69, 9.17) is 12.2 Å². The molecule has 8 heteroatoms. The number of anilines is 1. The third-order valence-corrected chi connectivity index (χ3v) is 8.62. The number of amides is 1. The van der Waals surface area contributed by atoms with E-state index in [0.717, 1.165) is 54.9 Å². The average molecular weight is 533 g/mol. The minimum absolute atomic E-state index is 0.0714. The Morgan fingerprint density at radius 1 is 0.946 bits per heavy atom. The Balaban J connectivity index is 1.59. The lowest BCUT2D eigenvalue weighted by Crippen LogP contribution is -2.47. The van der Waals surface area contributed by atoms with Crippen LogP contribution in [0.4, 0.5) is 5.69 Å². The molecule has 192 valence electrons. The number of carbonyl (C=O) groups is 1. The lowest BCUT2D eigenvalue weighted by atomic mass is 10.0. The van der Waals surface area contributed by atoms with Crippen LogP contribution in [0.5, 0.6) is 0 Å². The van der Waals surface area contributed by atoms with Gasteiger partial charge < -0.3 is 14.4 Å². The number of nitrogens with zero attached hydrogens (tertiary/aromatic N) is 4. The molecule has 6 nitrogen and oxygen atoms in total. The van der Waals surface area contributed by atoms with Crippen LogP contribution in [-0.4, -0.2) is 57.3 Å². The van der Waals surface area contributed by atoms with E-state index in [1.165, 1.54) is 17.3 Å². The monoisotopic (exact) mass is 532 g/mol. The van der Waals surface area contributed by atoms with E-state index in [1.807, 2.05) is 56.3 Å². The Kier molecular flexibility index (Phi) is 7.51. The summed E-state index contributed by atoms with van der Waals surface area (Å²) in [5.74, 6) is -0.145. The van der Waals surface area contributed by atoms with Gasteiger partial charge in [0.05, 0.1) is 28.2 Å². The molecule has 0 N–H and O–H groups in total. The van der Waals surface area contributed by atoms with Crippen LogP contribution in [0.3, 0.4) is 0 Å². The molecule has 1 amide bonds. The van der Waals surface area contributed by atoms with E-state index in [1.54, 1.807) is 15.5 Å². The molecule has 0 bridgehead atoms. The van der Waals surface area contributed by atoms with Gasteiger partial charge in [0.2, 0.25) is 0 Å². The maximum Gasteiger partial charge on any atom is 0.266 e. The van der Waals surface area contributed by atoms with Gasteiger partial charge >= 0.3 is 0 Å². The Bertz CT molecular complexity index is 1440. The van der Waals surface area contributed by atoms with Crippen LogP contribution in [-0.2, 0) is 17.9 Å². The largest absolute Gasteiger partial charge is 0.368 e. The number of thioether (sulfide) groups is 1. The molecule has 37 heavy (non-hydrogen) atoms. The predicted molar refractivity (Wildman–Crippen MR) is 158 cm³/mol. The van der Waals surface area contributed by atoms with Crippen molar-refractivity contribution in [2.45, 2.75) is 33.9 Å². The molecule has 0 atom stereocenters. The molecule has 5 rings (SSSR count). The molecule has 1 aromatic heterocycles. The fraction of sp³-hybridized carbons (Fsp3) is 0.345. The van der Waals surface area contributed by atoms with E-state index < -0.39 is 0 Å². The standard InChI is InChI=1S/C29H32N4O2S2/c1-4-30-14-16-31(17-15-30)26-22-8-6-7-9-24(22)32(5-2)27(34)23(26)18-25-28(35)33(29(36)37-25)19-21-12-10-20(3)11-13-21/h6-13,18H,4-5,14-17,19H2,1-3H3. The minimum Gasteiger partial charge on any atom is -0.368 e. The van der Waals surface area contributed by atoms with Gasteiger partial charge in [-0.2, -0.15) is 0 Å². The molecular formula is C29H32N4O2S2. The number of aryl methyl sites for hydroxylation is 2. The summed E-state index contributed by atoms with van der Waals surface area (Å²) in [6.45, 7) is 11.8. The first-order chi connectivity index (χ1) is 17.9. The van der Waals surface area contributed by atoms with Crippen LogP contribution in [0, 0.1) is 6.92 Å². The van der Waals surface area contributed by atoms with Crippen molar-refractivity contribution in [1.82, 2.24) is 14.4 Å². The molecule has 2 aliphatic rings. The molecule has 0 spiro atoms. The van der Waals surface area contributed by atoms with Gasteiger partial charge in [0.15, 0.2) is 0 Å². The molecule has 0 saturated carbocycles. The third kappa shape index (κ3) is 4.98. The number of carbonyl (C=O) groups excluding carboxylic acids is 1. The fourth-order valence-electron chi connectivity index (χ4n) is 5.13. The smallest absolute Gasteiger partial charge is 0.266 e. The van der Waals surface area contributed by atoms with Gasteiger partial charge in [-0.1, -0.05) is 78.9 Å². The third-order valence-electron chi connectivity index (χ3n) is 7.24. The second-order valence-corrected chi connectivity index (χ2v) is 11.2. The highest BCUT2D eigenvalue weighted by Crippen LogP contribution is 2.37. The van der Waals surface area contributed by atoms with Crippen molar-refractivity contribution >= 4 is 56.9 Å². The normalized spacial score (nSPS) is 18.0. The summed E-state index contributed by atoms with van der Waals surface area (Å²) in [6, 6.07) is 16.2. The van der Waals surface area contributed by atoms with Gasteiger partial charge in [-0.05, 0) is 38.1 Å². The van der Waals surface area contributed by atoms with Crippen molar-refractivity contribution in [3.63, 3.8) is 0 Å². The first kappa shape index (κ1) is 25.7. The summed E-state index contributed by atoms with van der Waals surface area (Å²) in [4.78, 5) is 34.3. The number of hydrogen-bond donors (Lipinski definition) is 0. The van der Waals surface area contributed by atoms with Crippen molar-refractivity contribution in [2.75, 3.05) is 37.6 Å². The molecule has 2 aliphatic heterocycles. The molecule has 0 unspecified atom stereocenters. The zero-order valence-electron chi connectivity index (χ0n) is 21.6. The molecule has 2 saturated heterocycles. The quantitative estimate of drug-likeness (QED) is 0.333. The van der Waals surface area contributed by atoms with Gasteiger partial charge in [-0.25, -0.2) is 0 Å². The summed E-state index contributed by atoms with van der Waals surface area (Å²) < 4.78 is 2.33. The minimum atomic E-state index is -0.145. The summed E-state index contributed by atoms with van der Waals surface area (Å²) in [5.41, 5.74) is 4.54. The summed E-state index contributed by atoms with van der Waals surface area (Å²) in [7, 11) is 0. The summed E-state index contributed by atoms with van der Waals surface area (Å²) in [6.07, 6.45) is 1.79. The van der Waals surface area contributed by atoms with E-state index in [-0.39, 0.29) is 11.5 Å². The predicted octanol–water partition coefficient (Wildman–Crippen LogP) is 4.87. The molecular weight excluding hydrogens is 500 g/mol. The molecule has 3 aromatic rings. The SMILES string of the molecule is CCN1CCN(c2c(C=C3SC(=S)N(Cc4ccc(C)cc4)C3=O)c(=O)n(CC)c3ccccc23)CC1. The van der Waals surface area contributed by atoms with Crippen LogP contribution >= 0.6 is 24.0 Å². The number of aromatic nitrogens is 1. The molecule has 0 aliphatic carbocycles. The van der Waals surface area contributed by atoms with Crippen LogP contribution in [0.25, 0.3) is 17.0 Å². The number of piperazine rings is 1. The van der Waals surface area contributed by atoms with E-state index in [0.29, 0.717) is 27.9 Å². The Labute approximate surface area is 227 Å². The molecule has 3 heterocycles. The topological polar surface area (TPSA) is 48.8 Å². The first-order valence-electron chi connectivity index (χ1n) is 12.8. The molecule has 0 radical (unpaired) electrons. The Morgan fingerprint density at radius 3 is 2.32 bits per heavy atom. The molecule has 2 fully saturated rings. The average Bonchev–Trinajstić information content (AvgIpc) is 3.18. The number of thiocarbonyl (C=S) groups is 1. The van der Waals surface area contributed by atoms with Crippen LogP contribution < -0.4 is 10.5 Å². The lowest BCUT2D eigenvalue weighted by Gasteiger charge is -2.37. The van der Waals surface area contributed by atoms with E-state index in [9.17, 15) is 9.59 Å². The van der Waals surface area contributed by atoms with Crippen molar-refractivity contribution in [2.24, 2.45) is 0 Å². The number of hydrogen-bond acceptors (Lipinski definition) is 6. The lowest BCUT2D eigenvalue weighted by molar-refractivity contribution is -0.122. The van der Waals surface area contributed by atoms with Crippen LogP contribution in [0.1, 0.15) is 30.5 Å². The second kappa shape index (κ2) is 10.8. The number of rotatable bonds is 6. The highest BCUT2D eigenvalue weighted by Gasteiger charge is 2.33. The van der Waals surface area contributed by atoms with Gasteiger partial charge in [-0.15, -0.1) is 0 Å². The summed E-state index contributed by atoms with van der Waals surface area (Å²) >= 11 is 6.89. The Hall–Kier alpha value is -2.94. The maximum atomic E-state index is 13.9. The maximum absolute atomic E-state index is 13.9. The van der Waals surface area contributed by atoms with Crippen molar-refractivity contribution in [3.05, 3.63) is 80.5 Å². The number of benzene rings is 2. The highest BCUT2D eigenvalue weighted by atomic mass is 32.2. The zero-order valence-corrected chi connectivity index (χ0v) is 23.2. The van der Waals surface area contributed by atoms with Crippen molar-refractivity contribution < 1.29 is 4.79 Å². The van der Waals surface area contributed by atoms with E-state index in [2.05, 4.69) is 22.8 Å². The number of fused-ring (bicyclic) bond motifs is 1. The first-order valence-corrected chi connectivity index (χ1v) is 14.1. The van der Waals surface area contributed by atoms with Gasteiger partial charge in [0.25, 0.3) is 11.5 Å². The number of likely N-dealkylation sites (N-methyl/N-ethyl adjacent to an activating group) is 1. The molecule has 2 aromatic carbocycles. The highest BCUT2D eigenvalue weighted by molar-refractivity contribution is 8.26. The second-order valence-electron chi connectivity index (χ2n) is 9.50.